The molecule has 5 nitrogen and oxygen atoms in total. The van der Waals surface area contributed by atoms with Gasteiger partial charge in [0.1, 0.15) is 0 Å². The van der Waals surface area contributed by atoms with E-state index in [1.165, 1.54) is 10.8 Å². The van der Waals surface area contributed by atoms with Gasteiger partial charge in [0.15, 0.2) is 0 Å². The van der Waals surface area contributed by atoms with Crippen molar-refractivity contribution < 1.29 is 29.6 Å². The van der Waals surface area contributed by atoms with Gasteiger partial charge >= 0.3 is 0 Å². The molecule has 5 aromatic rings. The smallest absolute Gasteiger partial charge is 0.0647 e. The summed E-state index contributed by atoms with van der Waals surface area (Å²) in [4.78, 5) is 10.9. The zero-order chi connectivity index (χ0) is 24.6. The minimum absolute atomic E-state index is 0. The fraction of sp³-hybridized carbons (Fsp3) is 0.133. The standard InChI is InChI=1S/C15H17N2O2.C15H10N.Ir/c1-17(2)11-7-8-16-14(9-11)13-6-5-12(18-3)10-15(13)19-4;1-2-7-13(8-3-1)15-14-9-5-4-6-12(14)10-11-16-15;/h5,7-10H,1-4H3;1-7,9-11H;/q2*-1;. The summed E-state index contributed by atoms with van der Waals surface area (Å²) in [6.07, 6.45) is 3.63. The van der Waals surface area contributed by atoms with Crippen molar-refractivity contribution in [3.05, 3.63) is 103 Å². The quantitative estimate of drug-likeness (QED) is 0.208. The zero-order valence-electron chi connectivity index (χ0n) is 20.7. The molecule has 0 saturated heterocycles. The van der Waals surface area contributed by atoms with Gasteiger partial charge in [0.05, 0.1) is 14.2 Å². The second-order valence-electron chi connectivity index (χ2n) is 7.93. The Labute approximate surface area is 226 Å². The Bertz CT molecular complexity index is 1400. The minimum Gasteiger partial charge on any atom is -0.540 e. The molecule has 0 aliphatic carbocycles. The van der Waals surface area contributed by atoms with E-state index in [9.17, 15) is 0 Å². The molecule has 0 fully saturated rings. The number of aromatic nitrogens is 2. The largest absolute Gasteiger partial charge is 0.540 e. The summed E-state index contributed by atoms with van der Waals surface area (Å²) in [5.74, 6) is 1.41. The number of benzene rings is 3. The molecule has 2 heterocycles. The number of rotatable bonds is 5. The third kappa shape index (κ3) is 6.28. The average molecular weight is 654 g/mol. The molecule has 5 rings (SSSR count). The second-order valence-corrected chi connectivity index (χ2v) is 7.93. The number of nitrogens with zero attached hydrogens (tertiary/aromatic N) is 3. The van der Waals surface area contributed by atoms with Crippen LogP contribution in [0.2, 0.25) is 0 Å². The molecule has 0 unspecified atom stereocenters. The summed E-state index contributed by atoms with van der Waals surface area (Å²) in [7, 11) is 7.23. The van der Waals surface area contributed by atoms with Crippen LogP contribution >= 0.6 is 0 Å². The number of hydrogen-bond donors (Lipinski definition) is 0. The van der Waals surface area contributed by atoms with Crippen molar-refractivity contribution in [1.82, 2.24) is 9.97 Å². The van der Waals surface area contributed by atoms with Gasteiger partial charge in [-0.3, -0.25) is 0 Å². The van der Waals surface area contributed by atoms with E-state index < -0.39 is 0 Å². The number of hydrogen-bond acceptors (Lipinski definition) is 5. The predicted molar refractivity (Wildman–Crippen MR) is 142 cm³/mol. The first-order valence-corrected chi connectivity index (χ1v) is 11.2. The molecule has 0 aliphatic rings. The van der Waals surface area contributed by atoms with Gasteiger partial charge in [0, 0.05) is 63.8 Å². The van der Waals surface area contributed by atoms with Crippen LogP contribution in [0.4, 0.5) is 5.69 Å². The van der Waals surface area contributed by atoms with E-state index >= 15 is 0 Å². The molecule has 185 valence electrons. The molecule has 2 aromatic heterocycles. The number of fused-ring (bicyclic) bond motifs is 1. The molecule has 0 N–H and O–H groups in total. The van der Waals surface area contributed by atoms with Crippen LogP contribution in [0.3, 0.4) is 0 Å². The molecular weight excluding hydrogens is 627 g/mol. The molecule has 0 saturated carbocycles. The first kappa shape index (κ1) is 26.9. The summed E-state index contributed by atoms with van der Waals surface area (Å²) in [6, 6.07) is 32.2. The monoisotopic (exact) mass is 654 g/mol. The van der Waals surface area contributed by atoms with Gasteiger partial charge < -0.3 is 24.3 Å². The van der Waals surface area contributed by atoms with Crippen LogP contribution in [0.25, 0.3) is 33.3 Å². The van der Waals surface area contributed by atoms with E-state index in [0.717, 1.165) is 28.2 Å². The van der Waals surface area contributed by atoms with Crippen LogP contribution in [0.1, 0.15) is 0 Å². The molecule has 6 heteroatoms. The van der Waals surface area contributed by atoms with Crippen LogP contribution < -0.4 is 14.4 Å². The summed E-state index contributed by atoms with van der Waals surface area (Å²) in [5.41, 5.74) is 4.77. The van der Waals surface area contributed by atoms with Crippen molar-refractivity contribution in [3.8, 4) is 34.0 Å². The Morgan fingerprint density at radius 3 is 2.31 bits per heavy atom. The van der Waals surface area contributed by atoms with E-state index in [1.807, 2.05) is 85.9 Å². The molecule has 3 aromatic carbocycles. The molecule has 0 amide bonds. The number of ether oxygens (including phenoxy) is 2. The number of pyridine rings is 2. The first-order chi connectivity index (χ1) is 17.1. The maximum atomic E-state index is 5.38. The summed E-state index contributed by atoms with van der Waals surface area (Å²) >= 11 is 0. The SMILES string of the molecule is COc1c[c-]c(-c2cc(N(C)C)ccn2)c(OC)c1.[Ir].[c-]1ccccc1-c1nccc2ccccc12. The van der Waals surface area contributed by atoms with Gasteiger partial charge in [-0.2, -0.15) is 0 Å². The van der Waals surface area contributed by atoms with Gasteiger partial charge in [0.2, 0.25) is 0 Å². The number of methoxy groups -OCH3 is 2. The third-order valence-corrected chi connectivity index (χ3v) is 5.49. The molecule has 0 atom stereocenters. The van der Waals surface area contributed by atoms with Crippen molar-refractivity contribution in [2.45, 2.75) is 0 Å². The Kier molecular flexibility index (Phi) is 9.57. The van der Waals surface area contributed by atoms with Crippen LogP contribution in [-0.4, -0.2) is 38.3 Å². The fourth-order valence-corrected chi connectivity index (χ4v) is 3.65. The third-order valence-electron chi connectivity index (χ3n) is 5.49. The van der Waals surface area contributed by atoms with Crippen molar-refractivity contribution >= 4 is 16.5 Å². The topological polar surface area (TPSA) is 47.5 Å². The van der Waals surface area contributed by atoms with Gasteiger partial charge in [-0.25, -0.2) is 0 Å². The van der Waals surface area contributed by atoms with Crippen LogP contribution in [0, 0.1) is 12.1 Å². The molecule has 0 aliphatic heterocycles. The average Bonchev–Trinajstić information content (AvgIpc) is 2.93. The van der Waals surface area contributed by atoms with E-state index in [0.29, 0.717) is 11.5 Å². The summed E-state index contributed by atoms with van der Waals surface area (Å²) < 4.78 is 10.5. The fourth-order valence-electron chi connectivity index (χ4n) is 3.65. The van der Waals surface area contributed by atoms with Crippen molar-refractivity contribution in [2.75, 3.05) is 33.2 Å². The molecular formula is C30H27IrN3O2-2. The summed E-state index contributed by atoms with van der Waals surface area (Å²) in [6.45, 7) is 0. The Hall–Kier alpha value is -3.73. The molecule has 0 spiro atoms. The van der Waals surface area contributed by atoms with Crippen LogP contribution in [0.15, 0.2) is 91.3 Å². The number of anilines is 1. The van der Waals surface area contributed by atoms with E-state index in [1.54, 1.807) is 26.5 Å². The second kappa shape index (κ2) is 12.8. The van der Waals surface area contributed by atoms with Crippen LogP contribution in [-0.2, 0) is 20.1 Å². The molecule has 0 bridgehead atoms. The first-order valence-electron chi connectivity index (χ1n) is 11.2. The normalized spacial score (nSPS) is 10.0. The van der Waals surface area contributed by atoms with Gasteiger partial charge in [-0.05, 0) is 34.3 Å². The Balaban J connectivity index is 0.000000197. The van der Waals surface area contributed by atoms with Gasteiger partial charge in [-0.1, -0.05) is 42.0 Å². The Morgan fingerprint density at radius 1 is 0.806 bits per heavy atom. The van der Waals surface area contributed by atoms with E-state index in [4.69, 9.17) is 9.47 Å². The van der Waals surface area contributed by atoms with Crippen molar-refractivity contribution in [1.29, 1.82) is 0 Å². The van der Waals surface area contributed by atoms with E-state index in [2.05, 4.69) is 34.2 Å². The minimum atomic E-state index is 0. The molecule has 36 heavy (non-hydrogen) atoms. The van der Waals surface area contributed by atoms with E-state index in [-0.39, 0.29) is 20.1 Å². The predicted octanol–water partition coefficient (Wildman–Crippen LogP) is 6.33. The van der Waals surface area contributed by atoms with Crippen molar-refractivity contribution in [2.24, 2.45) is 0 Å². The van der Waals surface area contributed by atoms with Gasteiger partial charge in [0.25, 0.3) is 0 Å². The van der Waals surface area contributed by atoms with Crippen molar-refractivity contribution in [3.63, 3.8) is 0 Å². The maximum Gasteiger partial charge on any atom is 0.0647 e. The Morgan fingerprint density at radius 2 is 1.58 bits per heavy atom. The van der Waals surface area contributed by atoms with Crippen LogP contribution in [0.5, 0.6) is 11.5 Å². The maximum absolute atomic E-state index is 5.38. The molecule has 1 radical (unpaired) electrons. The summed E-state index contributed by atoms with van der Waals surface area (Å²) in [5, 5.41) is 2.39. The zero-order valence-corrected chi connectivity index (χ0v) is 23.0. The van der Waals surface area contributed by atoms with Gasteiger partial charge in [-0.15, -0.1) is 48.0 Å².